The Bertz CT molecular complexity index is 803. The van der Waals surface area contributed by atoms with Crippen molar-refractivity contribution in [3.8, 4) is 0 Å². The normalized spacial score (nSPS) is 11.1. The summed E-state index contributed by atoms with van der Waals surface area (Å²) in [4.78, 5) is 27.0. The smallest absolute Gasteiger partial charge is 0.354 e. The van der Waals surface area contributed by atoms with Crippen molar-refractivity contribution in [1.29, 1.82) is 0 Å². The minimum absolute atomic E-state index is 0.221. The average molecular weight is 246 g/mol. The van der Waals surface area contributed by atoms with Gasteiger partial charge in [0.25, 0.3) is 5.56 Å². The Balaban J connectivity index is 2.53. The molecule has 84 valence electrons. The van der Waals surface area contributed by atoms with Crippen LogP contribution in [0.5, 0.6) is 0 Å². The second-order valence-electron chi connectivity index (χ2n) is 3.47. The first-order valence-electron chi connectivity index (χ1n) is 4.81. The first-order chi connectivity index (χ1) is 8.16. The number of rotatable bonds is 1. The quantitative estimate of drug-likeness (QED) is 0.708. The van der Waals surface area contributed by atoms with Crippen molar-refractivity contribution >= 4 is 32.5 Å². The van der Waals surface area contributed by atoms with E-state index in [0.717, 1.165) is 16.3 Å². The average Bonchev–Trinajstić information content (AvgIpc) is 2.67. The van der Waals surface area contributed by atoms with E-state index in [2.05, 4.69) is 4.98 Å². The van der Waals surface area contributed by atoms with Gasteiger partial charge in [0.15, 0.2) is 10.7 Å². The van der Waals surface area contributed by atoms with Gasteiger partial charge >= 0.3 is 5.97 Å². The van der Waals surface area contributed by atoms with Crippen LogP contribution >= 0.6 is 11.3 Å². The molecular formula is C11H6N2O3S. The van der Waals surface area contributed by atoms with E-state index in [1.165, 1.54) is 15.7 Å². The second-order valence-corrected chi connectivity index (χ2v) is 4.48. The summed E-state index contributed by atoms with van der Waals surface area (Å²) in [7, 11) is 0. The van der Waals surface area contributed by atoms with E-state index in [1.54, 1.807) is 0 Å². The van der Waals surface area contributed by atoms with Crippen LogP contribution < -0.4 is 5.56 Å². The lowest BCUT2D eigenvalue weighted by Crippen LogP contribution is -2.16. The molecule has 0 radical (unpaired) electrons. The number of para-hydroxylation sites is 1. The number of aromatic carboxylic acids is 1. The molecular weight excluding hydrogens is 240 g/mol. The van der Waals surface area contributed by atoms with E-state index in [-0.39, 0.29) is 11.3 Å². The van der Waals surface area contributed by atoms with Crippen molar-refractivity contribution < 1.29 is 9.90 Å². The highest BCUT2D eigenvalue weighted by Crippen LogP contribution is 2.23. The van der Waals surface area contributed by atoms with E-state index in [4.69, 9.17) is 5.11 Å². The monoisotopic (exact) mass is 246 g/mol. The summed E-state index contributed by atoms with van der Waals surface area (Å²) >= 11 is 1.30. The Hall–Kier alpha value is -2.21. The van der Waals surface area contributed by atoms with Crippen molar-refractivity contribution in [2.24, 2.45) is 0 Å². The molecule has 0 aliphatic carbocycles. The van der Waals surface area contributed by atoms with Crippen LogP contribution in [0.2, 0.25) is 0 Å². The third kappa shape index (κ3) is 1.42. The van der Waals surface area contributed by atoms with Crippen LogP contribution in [0.1, 0.15) is 10.5 Å². The van der Waals surface area contributed by atoms with E-state index in [0.29, 0.717) is 4.96 Å². The second kappa shape index (κ2) is 3.39. The maximum atomic E-state index is 11.8. The topological polar surface area (TPSA) is 71.7 Å². The Morgan fingerprint density at radius 2 is 2.12 bits per heavy atom. The maximum absolute atomic E-state index is 11.8. The Kier molecular flexibility index (Phi) is 1.99. The lowest BCUT2D eigenvalue weighted by Gasteiger charge is -1.95. The van der Waals surface area contributed by atoms with E-state index < -0.39 is 5.97 Å². The molecule has 0 fully saturated rings. The predicted molar refractivity (Wildman–Crippen MR) is 63.8 cm³/mol. The van der Waals surface area contributed by atoms with Gasteiger partial charge in [0, 0.05) is 6.07 Å². The third-order valence-corrected chi connectivity index (χ3v) is 3.44. The van der Waals surface area contributed by atoms with E-state index >= 15 is 0 Å². The number of hydrogen-bond acceptors (Lipinski definition) is 4. The summed E-state index contributed by atoms with van der Waals surface area (Å²) in [6.45, 7) is 0. The summed E-state index contributed by atoms with van der Waals surface area (Å²) < 4.78 is 2.33. The minimum atomic E-state index is -1.19. The summed E-state index contributed by atoms with van der Waals surface area (Å²) in [5.41, 5.74) is 0.161. The number of aromatic nitrogens is 2. The molecule has 17 heavy (non-hydrogen) atoms. The summed E-state index contributed by atoms with van der Waals surface area (Å²) in [5.74, 6) is -1.19. The Labute approximate surface area is 98.6 Å². The standard InChI is InChI=1S/C11H6N2O3S/c14-9-5-6(10(15)16)12-11-13(9)7-3-1-2-4-8(7)17-11/h1-5H,(H,15,16). The van der Waals surface area contributed by atoms with Gasteiger partial charge in [-0.1, -0.05) is 23.5 Å². The van der Waals surface area contributed by atoms with Gasteiger partial charge in [-0.25, -0.2) is 9.78 Å². The largest absolute Gasteiger partial charge is 0.477 e. The number of carboxylic acid groups (broad SMARTS) is 1. The number of fused-ring (bicyclic) bond motifs is 3. The van der Waals surface area contributed by atoms with Crippen LogP contribution in [0, 0.1) is 0 Å². The first-order valence-corrected chi connectivity index (χ1v) is 5.63. The molecule has 0 unspecified atom stereocenters. The molecule has 2 heterocycles. The number of hydrogen-bond donors (Lipinski definition) is 1. The van der Waals surface area contributed by atoms with Gasteiger partial charge in [-0.3, -0.25) is 9.20 Å². The molecule has 3 aromatic rings. The van der Waals surface area contributed by atoms with Crippen molar-refractivity contribution in [1.82, 2.24) is 9.38 Å². The number of thiazole rings is 1. The first kappa shape index (κ1) is 9.98. The highest BCUT2D eigenvalue weighted by Gasteiger charge is 2.12. The predicted octanol–water partition coefficient (Wildman–Crippen LogP) is 1.61. The van der Waals surface area contributed by atoms with Gasteiger partial charge in [-0.05, 0) is 12.1 Å². The van der Waals surface area contributed by atoms with E-state index in [9.17, 15) is 9.59 Å². The molecule has 0 aliphatic heterocycles. The maximum Gasteiger partial charge on any atom is 0.354 e. The van der Waals surface area contributed by atoms with Gasteiger partial charge in [0.2, 0.25) is 0 Å². The highest BCUT2D eigenvalue weighted by molar-refractivity contribution is 7.23. The zero-order chi connectivity index (χ0) is 12.0. The fourth-order valence-electron chi connectivity index (χ4n) is 1.69. The number of carboxylic acids is 1. The zero-order valence-corrected chi connectivity index (χ0v) is 9.27. The molecule has 1 aromatic carbocycles. The van der Waals surface area contributed by atoms with Gasteiger partial charge < -0.3 is 5.11 Å². The summed E-state index contributed by atoms with van der Waals surface area (Å²) in [6, 6.07) is 8.40. The van der Waals surface area contributed by atoms with Crippen LogP contribution in [0.3, 0.4) is 0 Å². The van der Waals surface area contributed by atoms with Crippen molar-refractivity contribution in [2.75, 3.05) is 0 Å². The molecule has 0 aliphatic rings. The lowest BCUT2D eigenvalue weighted by molar-refractivity contribution is 0.0690. The molecule has 0 bridgehead atoms. The van der Waals surface area contributed by atoms with Crippen molar-refractivity contribution in [3.63, 3.8) is 0 Å². The van der Waals surface area contributed by atoms with Crippen LogP contribution in [-0.4, -0.2) is 20.5 Å². The zero-order valence-electron chi connectivity index (χ0n) is 8.45. The van der Waals surface area contributed by atoms with Crippen LogP contribution in [-0.2, 0) is 0 Å². The molecule has 0 saturated carbocycles. The molecule has 1 N–H and O–H groups in total. The van der Waals surface area contributed by atoms with Gasteiger partial charge in [-0.2, -0.15) is 0 Å². The molecule has 2 aromatic heterocycles. The van der Waals surface area contributed by atoms with Gasteiger partial charge in [-0.15, -0.1) is 0 Å². The SMILES string of the molecule is O=C(O)c1cc(=O)n2c(n1)sc1ccccc12. The number of benzene rings is 1. The fourth-order valence-corrected chi connectivity index (χ4v) is 2.72. The molecule has 3 rings (SSSR count). The minimum Gasteiger partial charge on any atom is -0.477 e. The number of nitrogens with zero attached hydrogens (tertiary/aromatic N) is 2. The van der Waals surface area contributed by atoms with Gasteiger partial charge in [0.1, 0.15) is 0 Å². The Morgan fingerprint density at radius 3 is 2.88 bits per heavy atom. The van der Waals surface area contributed by atoms with Crippen molar-refractivity contribution in [3.05, 3.63) is 46.4 Å². The molecule has 0 saturated heterocycles. The van der Waals surface area contributed by atoms with Crippen LogP contribution in [0.15, 0.2) is 35.1 Å². The summed E-state index contributed by atoms with van der Waals surface area (Å²) in [5, 5.41) is 8.84. The molecule has 6 heteroatoms. The summed E-state index contributed by atoms with van der Waals surface area (Å²) in [6.07, 6.45) is 0. The van der Waals surface area contributed by atoms with Gasteiger partial charge in [0.05, 0.1) is 10.2 Å². The molecule has 5 nitrogen and oxygen atoms in total. The Morgan fingerprint density at radius 1 is 1.35 bits per heavy atom. The van der Waals surface area contributed by atoms with Crippen LogP contribution in [0.25, 0.3) is 15.2 Å². The lowest BCUT2D eigenvalue weighted by atomic mass is 10.3. The third-order valence-electron chi connectivity index (χ3n) is 2.41. The molecule has 0 atom stereocenters. The van der Waals surface area contributed by atoms with Crippen LogP contribution in [0.4, 0.5) is 0 Å². The van der Waals surface area contributed by atoms with E-state index in [1.807, 2.05) is 24.3 Å². The number of carbonyl (C=O) groups is 1. The molecule has 0 amide bonds. The van der Waals surface area contributed by atoms with Crippen molar-refractivity contribution in [2.45, 2.75) is 0 Å². The molecule has 0 spiro atoms. The highest BCUT2D eigenvalue weighted by atomic mass is 32.1. The fraction of sp³-hybridized carbons (Fsp3) is 0.